The molecule has 1 aromatic carbocycles. The number of rotatable bonds is 8. The molecule has 30 heavy (non-hydrogen) atoms. The van der Waals surface area contributed by atoms with E-state index in [2.05, 4.69) is 4.72 Å². The van der Waals surface area contributed by atoms with Gasteiger partial charge in [-0.2, -0.15) is 0 Å². The SMILES string of the molecule is CCC1CCCCN1C(=O)COC(=O)c1cccc(S(=O)(=O)NCc2ccco2)c1. The van der Waals surface area contributed by atoms with Crippen LogP contribution in [0.5, 0.6) is 0 Å². The minimum Gasteiger partial charge on any atom is -0.468 e. The Hall–Kier alpha value is -2.65. The van der Waals surface area contributed by atoms with Gasteiger partial charge in [-0.3, -0.25) is 4.79 Å². The molecule has 1 atom stereocenters. The van der Waals surface area contributed by atoms with Gasteiger partial charge in [-0.05, 0) is 56.0 Å². The number of hydrogen-bond acceptors (Lipinski definition) is 6. The summed E-state index contributed by atoms with van der Waals surface area (Å²) in [6, 6.07) is 9.01. The van der Waals surface area contributed by atoms with Crippen molar-refractivity contribution in [1.82, 2.24) is 9.62 Å². The average Bonchev–Trinajstić information content (AvgIpc) is 3.30. The zero-order valence-electron chi connectivity index (χ0n) is 16.9. The van der Waals surface area contributed by atoms with Crippen molar-refractivity contribution in [3.05, 3.63) is 54.0 Å². The first-order valence-electron chi connectivity index (χ1n) is 9.99. The van der Waals surface area contributed by atoms with E-state index in [4.69, 9.17) is 9.15 Å². The molecule has 0 radical (unpaired) electrons. The Morgan fingerprint density at radius 3 is 2.80 bits per heavy atom. The highest BCUT2D eigenvalue weighted by Crippen LogP contribution is 2.20. The molecule has 1 amide bonds. The predicted octanol–water partition coefficient (Wildman–Crippen LogP) is 2.71. The number of piperidine rings is 1. The summed E-state index contributed by atoms with van der Waals surface area (Å²) in [5, 5.41) is 0. The van der Waals surface area contributed by atoms with Crippen molar-refractivity contribution in [2.75, 3.05) is 13.2 Å². The Labute approximate surface area is 176 Å². The number of ether oxygens (including phenoxy) is 1. The molecule has 0 aliphatic carbocycles. The number of hydrogen-bond donors (Lipinski definition) is 1. The van der Waals surface area contributed by atoms with Crippen LogP contribution in [0.15, 0.2) is 52.0 Å². The van der Waals surface area contributed by atoms with E-state index < -0.39 is 16.0 Å². The number of carbonyl (C=O) groups is 2. The number of amides is 1. The summed E-state index contributed by atoms with van der Waals surface area (Å²) in [5.41, 5.74) is 0.0642. The van der Waals surface area contributed by atoms with E-state index in [1.165, 1.54) is 30.5 Å². The zero-order chi connectivity index (χ0) is 21.6. The smallest absolute Gasteiger partial charge is 0.338 e. The van der Waals surface area contributed by atoms with Crippen molar-refractivity contribution in [1.29, 1.82) is 0 Å². The maximum absolute atomic E-state index is 12.5. The number of benzene rings is 1. The third-order valence-corrected chi connectivity index (χ3v) is 6.54. The normalized spacial score (nSPS) is 17.0. The van der Waals surface area contributed by atoms with Crippen molar-refractivity contribution < 1.29 is 27.2 Å². The van der Waals surface area contributed by atoms with E-state index >= 15 is 0 Å². The molecule has 2 aromatic rings. The summed E-state index contributed by atoms with van der Waals surface area (Å²) in [6.07, 6.45) is 5.32. The number of carbonyl (C=O) groups excluding carboxylic acids is 2. The summed E-state index contributed by atoms with van der Waals surface area (Å²) < 4.78 is 37.6. The molecular weight excluding hydrogens is 408 g/mol. The number of esters is 1. The lowest BCUT2D eigenvalue weighted by molar-refractivity contribution is -0.138. The fourth-order valence-corrected chi connectivity index (χ4v) is 4.54. The predicted molar refractivity (Wildman–Crippen MR) is 109 cm³/mol. The highest BCUT2D eigenvalue weighted by Gasteiger charge is 2.26. The van der Waals surface area contributed by atoms with Gasteiger partial charge in [0.25, 0.3) is 5.91 Å². The molecule has 0 saturated carbocycles. The van der Waals surface area contributed by atoms with Crippen LogP contribution in [0.4, 0.5) is 0 Å². The molecule has 162 valence electrons. The molecule has 1 fully saturated rings. The first-order chi connectivity index (χ1) is 14.4. The van der Waals surface area contributed by atoms with Crippen molar-refractivity contribution in [3.63, 3.8) is 0 Å². The van der Waals surface area contributed by atoms with E-state index in [9.17, 15) is 18.0 Å². The first-order valence-corrected chi connectivity index (χ1v) is 11.5. The molecule has 1 saturated heterocycles. The number of sulfonamides is 1. The van der Waals surface area contributed by atoms with Gasteiger partial charge < -0.3 is 14.1 Å². The molecular formula is C21H26N2O6S. The molecule has 1 unspecified atom stereocenters. The monoisotopic (exact) mass is 434 g/mol. The van der Waals surface area contributed by atoms with E-state index in [1.54, 1.807) is 17.0 Å². The van der Waals surface area contributed by atoms with Gasteiger partial charge in [0.1, 0.15) is 5.76 Å². The van der Waals surface area contributed by atoms with Crippen molar-refractivity contribution in [2.45, 2.75) is 50.1 Å². The number of nitrogens with one attached hydrogen (secondary N) is 1. The van der Waals surface area contributed by atoms with Gasteiger partial charge in [-0.15, -0.1) is 0 Å². The van der Waals surface area contributed by atoms with Gasteiger partial charge in [0.05, 0.1) is 23.3 Å². The van der Waals surface area contributed by atoms with Gasteiger partial charge >= 0.3 is 5.97 Å². The Kier molecular flexibility index (Phi) is 7.28. The number of likely N-dealkylation sites (tertiary alicyclic amines) is 1. The molecule has 1 aliphatic heterocycles. The molecule has 8 nitrogen and oxygen atoms in total. The first kappa shape index (κ1) is 22.0. The highest BCUT2D eigenvalue weighted by molar-refractivity contribution is 7.89. The second-order valence-corrected chi connectivity index (χ2v) is 8.92. The van der Waals surface area contributed by atoms with Gasteiger partial charge in [0.2, 0.25) is 10.0 Å². The maximum atomic E-state index is 12.5. The maximum Gasteiger partial charge on any atom is 0.338 e. The summed E-state index contributed by atoms with van der Waals surface area (Å²) in [7, 11) is -3.84. The van der Waals surface area contributed by atoms with Crippen LogP contribution in [-0.2, 0) is 26.1 Å². The number of furan rings is 1. The van der Waals surface area contributed by atoms with Crippen LogP contribution < -0.4 is 4.72 Å². The standard InChI is InChI=1S/C21H26N2O6S/c1-2-17-8-3-4-11-23(17)20(24)15-29-21(25)16-7-5-10-19(13-16)30(26,27)22-14-18-9-6-12-28-18/h5-7,9-10,12-13,17,22H,2-4,8,11,14-15H2,1H3. The average molecular weight is 435 g/mol. The molecule has 1 N–H and O–H groups in total. The number of nitrogens with zero attached hydrogens (tertiary/aromatic N) is 1. The van der Waals surface area contributed by atoms with Crippen LogP contribution in [-0.4, -0.2) is 44.4 Å². The lowest BCUT2D eigenvalue weighted by Gasteiger charge is -2.35. The lowest BCUT2D eigenvalue weighted by atomic mass is 10.00. The fourth-order valence-electron chi connectivity index (χ4n) is 3.50. The molecule has 1 aliphatic rings. The van der Waals surface area contributed by atoms with E-state index in [-0.39, 0.29) is 35.6 Å². The molecule has 1 aromatic heterocycles. The van der Waals surface area contributed by atoms with Crippen molar-refractivity contribution >= 4 is 21.9 Å². The van der Waals surface area contributed by atoms with Crippen LogP contribution >= 0.6 is 0 Å². The molecule has 0 spiro atoms. The van der Waals surface area contributed by atoms with Crippen LogP contribution in [0.3, 0.4) is 0 Å². The summed E-state index contributed by atoms with van der Waals surface area (Å²) in [5.74, 6) is -0.494. The zero-order valence-corrected chi connectivity index (χ0v) is 17.7. The molecule has 9 heteroatoms. The second kappa shape index (κ2) is 9.90. The van der Waals surface area contributed by atoms with Crippen LogP contribution in [0.2, 0.25) is 0 Å². The third kappa shape index (κ3) is 5.48. The highest BCUT2D eigenvalue weighted by atomic mass is 32.2. The van der Waals surface area contributed by atoms with E-state index in [0.717, 1.165) is 25.7 Å². The Morgan fingerprint density at radius 1 is 1.23 bits per heavy atom. The summed E-state index contributed by atoms with van der Waals surface area (Å²) >= 11 is 0. The minimum atomic E-state index is -3.84. The van der Waals surface area contributed by atoms with Crippen LogP contribution in [0.1, 0.15) is 48.7 Å². The quantitative estimate of drug-likeness (QED) is 0.641. The molecule has 3 rings (SSSR count). The fraction of sp³-hybridized carbons (Fsp3) is 0.429. The van der Waals surface area contributed by atoms with Crippen LogP contribution in [0, 0.1) is 0 Å². The Balaban J connectivity index is 1.60. The summed E-state index contributed by atoms with van der Waals surface area (Å²) in [6.45, 7) is 2.34. The molecule has 2 heterocycles. The van der Waals surface area contributed by atoms with Gasteiger partial charge in [-0.25, -0.2) is 17.9 Å². The Morgan fingerprint density at radius 2 is 2.07 bits per heavy atom. The third-order valence-electron chi connectivity index (χ3n) is 5.14. The van der Waals surface area contributed by atoms with Gasteiger partial charge in [0, 0.05) is 12.6 Å². The van der Waals surface area contributed by atoms with Crippen molar-refractivity contribution in [2.24, 2.45) is 0 Å². The minimum absolute atomic E-state index is 0.00700. The van der Waals surface area contributed by atoms with Crippen molar-refractivity contribution in [3.8, 4) is 0 Å². The second-order valence-electron chi connectivity index (χ2n) is 7.15. The van der Waals surface area contributed by atoms with Gasteiger partial charge in [-0.1, -0.05) is 13.0 Å². The van der Waals surface area contributed by atoms with Gasteiger partial charge in [0.15, 0.2) is 6.61 Å². The van der Waals surface area contributed by atoms with E-state index in [0.29, 0.717) is 12.3 Å². The largest absolute Gasteiger partial charge is 0.468 e. The Bertz CT molecular complexity index is 971. The topological polar surface area (TPSA) is 106 Å². The van der Waals surface area contributed by atoms with Crippen LogP contribution in [0.25, 0.3) is 0 Å². The molecule has 0 bridgehead atoms. The van der Waals surface area contributed by atoms with E-state index in [1.807, 2.05) is 6.92 Å². The summed E-state index contributed by atoms with van der Waals surface area (Å²) in [4.78, 5) is 26.5. The lowest BCUT2D eigenvalue weighted by Crippen LogP contribution is -2.45.